The van der Waals surface area contributed by atoms with E-state index < -0.39 is 24.0 Å². The Morgan fingerprint density at radius 3 is 2.55 bits per heavy atom. The number of carbonyl (C=O) groups excluding carboxylic acids is 1. The van der Waals surface area contributed by atoms with Crippen molar-refractivity contribution in [1.82, 2.24) is 0 Å². The molecule has 0 spiro atoms. The Labute approximate surface area is 127 Å². The molecule has 22 heavy (non-hydrogen) atoms. The number of benzene rings is 1. The predicted octanol–water partition coefficient (Wildman–Crippen LogP) is 3.98. The summed E-state index contributed by atoms with van der Waals surface area (Å²) in [5.74, 6) is -1.93. The van der Waals surface area contributed by atoms with Gasteiger partial charge in [-0.25, -0.2) is 0 Å². The molecule has 1 aromatic rings. The van der Waals surface area contributed by atoms with Crippen LogP contribution in [0.4, 0.5) is 13.2 Å². The number of esters is 1. The maximum atomic E-state index is 12.7. The molecule has 0 N–H and O–H groups in total. The summed E-state index contributed by atoms with van der Waals surface area (Å²) in [6, 6.07) is 9.04. The highest BCUT2D eigenvalue weighted by Crippen LogP contribution is 2.40. The normalized spacial score (nSPS) is 22.1. The number of halogens is 3. The molecule has 0 amide bonds. The quantitative estimate of drug-likeness (QED) is 0.609. The fourth-order valence-electron chi connectivity index (χ4n) is 2.64. The number of hydrogen-bond acceptors (Lipinski definition) is 3. The molecule has 0 bridgehead atoms. The zero-order valence-corrected chi connectivity index (χ0v) is 12.1. The molecular formula is C16H19F3O3. The lowest BCUT2D eigenvalue weighted by atomic mass is 9.81. The Morgan fingerprint density at radius 1 is 1.14 bits per heavy atom. The molecule has 1 aromatic carbocycles. The number of alkyl halides is 3. The van der Waals surface area contributed by atoms with Crippen molar-refractivity contribution in [2.75, 3.05) is 13.2 Å². The molecular weight excluding hydrogens is 297 g/mol. The van der Waals surface area contributed by atoms with Crippen molar-refractivity contribution in [1.29, 1.82) is 0 Å². The van der Waals surface area contributed by atoms with Gasteiger partial charge in [0.15, 0.2) is 0 Å². The number of ether oxygens (including phenoxy) is 2. The first-order valence-electron chi connectivity index (χ1n) is 7.38. The van der Waals surface area contributed by atoms with Crippen molar-refractivity contribution in [3.8, 4) is 5.75 Å². The SMILES string of the molecule is O=C(OCCOc1ccccc1)C1CCCC(C(F)(F)F)C1. The second kappa shape index (κ2) is 7.51. The molecule has 0 saturated heterocycles. The molecule has 0 radical (unpaired) electrons. The maximum absolute atomic E-state index is 12.7. The molecule has 2 unspecified atom stereocenters. The van der Waals surface area contributed by atoms with Gasteiger partial charge in [-0.3, -0.25) is 4.79 Å². The van der Waals surface area contributed by atoms with Crippen LogP contribution in [-0.4, -0.2) is 25.4 Å². The van der Waals surface area contributed by atoms with Crippen LogP contribution in [0.1, 0.15) is 25.7 Å². The van der Waals surface area contributed by atoms with Crippen LogP contribution in [0.15, 0.2) is 30.3 Å². The van der Waals surface area contributed by atoms with Gasteiger partial charge in [0.2, 0.25) is 0 Å². The Bertz CT molecular complexity index is 473. The second-order valence-corrected chi connectivity index (χ2v) is 5.43. The van der Waals surface area contributed by atoms with Crippen LogP contribution in [-0.2, 0) is 9.53 Å². The summed E-state index contributed by atoms with van der Waals surface area (Å²) in [4.78, 5) is 11.8. The molecule has 1 saturated carbocycles. The first-order chi connectivity index (χ1) is 10.5. The van der Waals surface area contributed by atoms with E-state index in [-0.39, 0.29) is 26.1 Å². The van der Waals surface area contributed by atoms with Gasteiger partial charge in [0.05, 0.1) is 11.8 Å². The Kier molecular flexibility index (Phi) is 5.69. The number of para-hydroxylation sites is 1. The summed E-state index contributed by atoms with van der Waals surface area (Å²) < 4.78 is 48.5. The van der Waals surface area contributed by atoms with Gasteiger partial charge in [-0.15, -0.1) is 0 Å². The predicted molar refractivity (Wildman–Crippen MR) is 74.4 cm³/mol. The van der Waals surface area contributed by atoms with E-state index in [1.165, 1.54) is 0 Å². The summed E-state index contributed by atoms with van der Waals surface area (Å²) in [5.41, 5.74) is 0. The smallest absolute Gasteiger partial charge is 0.391 e. The molecule has 122 valence electrons. The molecule has 2 atom stereocenters. The highest BCUT2D eigenvalue weighted by molar-refractivity contribution is 5.72. The van der Waals surface area contributed by atoms with E-state index in [9.17, 15) is 18.0 Å². The topological polar surface area (TPSA) is 35.5 Å². The van der Waals surface area contributed by atoms with Crippen LogP contribution in [0.2, 0.25) is 0 Å². The van der Waals surface area contributed by atoms with E-state index in [1.807, 2.05) is 18.2 Å². The van der Waals surface area contributed by atoms with E-state index in [4.69, 9.17) is 9.47 Å². The average Bonchev–Trinajstić information content (AvgIpc) is 2.52. The fraction of sp³-hybridized carbons (Fsp3) is 0.562. The van der Waals surface area contributed by atoms with E-state index in [0.29, 0.717) is 18.6 Å². The van der Waals surface area contributed by atoms with Crippen molar-refractivity contribution in [2.45, 2.75) is 31.9 Å². The van der Waals surface area contributed by atoms with Gasteiger partial charge in [0, 0.05) is 0 Å². The summed E-state index contributed by atoms with van der Waals surface area (Å²) in [6.07, 6.45) is -3.42. The Balaban J connectivity index is 1.71. The van der Waals surface area contributed by atoms with Gasteiger partial charge in [-0.2, -0.15) is 13.2 Å². The summed E-state index contributed by atoms with van der Waals surface area (Å²) >= 11 is 0. The summed E-state index contributed by atoms with van der Waals surface area (Å²) in [5, 5.41) is 0. The van der Waals surface area contributed by atoms with E-state index >= 15 is 0 Å². The van der Waals surface area contributed by atoms with Gasteiger partial charge in [-0.05, 0) is 31.4 Å². The first kappa shape index (κ1) is 16.6. The van der Waals surface area contributed by atoms with E-state index in [1.54, 1.807) is 12.1 Å². The van der Waals surface area contributed by atoms with E-state index in [0.717, 1.165) is 0 Å². The van der Waals surface area contributed by atoms with Gasteiger partial charge in [0.1, 0.15) is 19.0 Å². The molecule has 1 aliphatic carbocycles. The molecule has 3 nitrogen and oxygen atoms in total. The summed E-state index contributed by atoms with van der Waals surface area (Å²) in [7, 11) is 0. The third kappa shape index (κ3) is 4.93. The van der Waals surface area contributed by atoms with Crippen molar-refractivity contribution < 1.29 is 27.4 Å². The van der Waals surface area contributed by atoms with Crippen LogP contribution >= 0.6 is 0 Å². The average molecular weight is 316 g/mol. The van der Waals surface area contributed by atoms with Crippen molar-refractivity contribution in [2.24, 2.45) is 11.8 Å². The lowest BCUT2D eigenvalue weighted by molar-refractivity contribution is -0.189. The molecule has 1 aliphatic rings. The second-order valence-electron chi connectivity index (χ2n) is 5.43. The third-order valence-electron chi connectivity index (χ3n) is 3.81. The van der Waals surface area contributed by atoms with Crippen LogP contribution in [0.25, 0.3) is 0 Å². The minimum Gasteiger partial charge on any atom is -0.490 e. The molecule has 2 rings (SSSR count). The van der Waals surface area contributed by atoms with E-state index in [2.05, 4.69) is 0 Å². The van der Waals surface area contributed by atoms with Crippen LogP contribution in [0, 0.1) is 11.8 Å². The van der Waals surface area contributed by atoms with Crippen LogP contribution in [0.5, 0.6) is 5.75 Å². The number of carbonyl (C=O) groups is 1. The Hall–Kier alpha value is -1.72. The fourth-order valence-corrected chi connectivity index (χ4v) is 2.64. The van der Waals surface area contributed by atoms with Crippen molar-refractivity contribution in [3.63, 3.8) is 0 Å². The summed E-state index contributed by atoms with van der Waals surface area (Å²) in [6.45, 7) is 0.228. The van der Waals surface area contributed by atoms with Gasteiger partial charge < -0.3 is 9.47 Å². The van der Waals surface area contributed by atoms with Crippen LogP contribution in [0.3, 0.4) is 0 Å². The minimum atomic E-state index is -4.23. The molecule has 0 aliphatic heterocycles. The largest absolute Gasteiger partial charge is 0.490 e. The van der Waals surface area contributed by atoms with Gasteiger partial charge in [-0.1, -0.05) is 24.6 Å². The third-order valence-corrected chi connectivity index (χ3v) is 3.81. The first-order valence-corrected chi connectivity index (χ1v) is 7.38. The maximum Gasteiger partial charge on any atom is 0.391 e. The molecule has 1 fully saturated rings. The monoisotopic (exact) mass is 316 g/mol. The Morgan fingerprint density at radius 2 is 1.86 bits per heavy atom. The lowest BCUT2D eigenvalue weighted by Crippen LogP contribution is -2.33. The van der Waals surface area contributed by atoms with Crippen molar-refractivity contribution >= 4 is 5.97 Å². The zero-order chi connectivity index (χ0) is 16.0. The van der Waals surface area contributed by atoms with Gasteiger partial charge in [0.25, 0.3) is 0 Å². The standard InChI is InChI=1S/C16H19F3O3/c17-16(18,19)13-6-4-5-12(11-13)15(20)22-10-9-21-14-7-2-1-3-8-14/h1-3,7-8,12-13H,4-6,9-11H2. The highest BCUT2D eigenvalue weighted by Gasteiger charge is 2.43. The minimum absolute atomic E-state index is 0.0426. The zero-order valence-electron chi connectivity index (χ0n) is 12.1. The molecule has 0 heterocycles. The lowest BCUT2D eigenvalue weighted by Gasteiger charge is -2.29. The number of hydrogen-bond donors (Lipinski definition) is 0. The van der Waals surface area contributed by atoms with Gasteiger partial charge >= 0.3 is 12.1 Å². The number of rotatable bonds is 5. The molecule has 6 heteroatoms. The van der Waals surface area contributed by atoms with Crippen molar-refractivity contribution in [3.05, 3.63) is 30.3 Å². The van der Waals surface area contributed by atoms with Crippen LogP contribution < -0.4 is 4.74 Å². The molecule has 0 aromatic heterocycles. The highest BCUT2D eigenvalue weighted by atomic mass is 19.4.